The van der Waals surface area contributed by atoms with E-state index in [4.69, 9.17) is 0 Å². The van der Waals surface area contributed by atoms with Crippen LogP contribution in [0.3, 0.4) is 0 Å². The van der Waals surface area contributed by atoms with E-state index in [0.29, 0.717) is 6.42 Å². The highest BCUT2D eigenvalue weighted by Crippen LogP contribution is 1.77. The van der Waals surface area contributed by atoms with Crippen molar-refractivity contribution in [3.05, 3.63) is 6.08 Å². The van der Waals surface area contributed by atoms with Crippen molar-refractivity contribution in [2.45, 2.75) is 20.3 Å². The van der Waals surface area contributed by atoms with Crippen molar-refractivity contribution < 1.29 is 4.79 Å². The molecule has 0 spiro atoms. The molecule has 0 fully saturated rings. The van der Waals surface area contributed by atoms with Crippen LogP contribution in [-0.2, 0) is 4.79 Å². The Kier molecular flexibility index (Phi) is 3.81. The summed E-state index contributed by atoms with van der Waals surface area (Å²) in [5.74, 6) is 2.33. The second-order valence-corrected chi connectivity index (χ2v) is 1.28. The normalized spacial score (nSPS) is 7.25. The van der Waals surface area contributed by atoms with E-state index in [1.54, 1.807) is 19.9 Å². The molecule has 0 aromatic heterocycles. The highest BCUT2D eigenvalue weighted by Gasteiger charge is 1.85. The summed E-state index contributed by atoms with van der Waals surface area (Å²) in [5, 5.41) is 0. The Morgan fingerprint density at radius 1 is 1.88 bits per heavy atom. The largest absolute Gasteiger partial charge is 0.272 e. The molecule has 0 aromatic rings. The van der Waals surface area contributed by atoms with Gasteiger partial charge in [0.1, 0.15) is 0 Å². The molecule has 1 amide bonds. The molecule has 44 valence electrons. The maximum atomic E-state index is 10.3. The molecule has 0 radical (unpaired) electrons. The third kappa shape index (κ3) is 3.32. The predicted molar refractivity (Wildman–Crippen MR) is 33.0 cm³/mol. The summed E-state index contributed by atoms with van der Waals surface area (Å²) in [6.45, 7) is 3.54. The van der Waals surface area contributed by atoms with E-state index < -0.39 is 0 Å². The van der Waals surface area contributed by atoms with Crippen LogP contribution in [0.25, 0.3) is 0 Å². The van der Waals surface area contributed by atoms with Gasteiger partial charge >= 0.3 is 0 Å². The molecule has 0 unspecified atom stereocenters. The Hall–Kier alpha value is -0.880. The minimum absolute atomic E-state index is 0.122. The van der Waals surface area contributed by atoms with Gasteiger partial charge < -0.3 is 0 Å². The van der Waals surface area contributed by atoms with Crippen LogP contribution in [0.4, 0.5) is 0 Å². The van der Waals surface area contributed by atoms with Crippen molar-refractivity contribution in [2.24, 2.45) is 4.99 Å². The lowest BCUT2D eigenvalue weighted by Gasteiger charge is -1.75. The Labute approximate surface area is 48.9 Å². The number of hydrogen-bond acceptors (Lipinski definition) is 1. The molecule has 0 heterocycles. The Bertz CT molecular complexity index is 131. The monoisotopic (exact) mass is 111 g/mol. The number of amides is 1. The predicted octanol–water partition coefficient (Wildman–Crippen LogP) is 1.17. The van der Waals surface area contributed by atoms with Crippen LogP contribution in [0.1, 0.15) is 20.3 Å². The molecule has 0 aliphatic carbocycles. The number of carbonyl (C=O) groups is 1. The molecular formula is C6H9NO. The lowest BCUT2D eigenvalue weighted by atomic mass is 10.5. The smallest absolute Gasteiger partial charge is 0.253 e. The van der Waals surface area contributed by atoms with E-state index in [-0.39, 0.29) is 5.91 Å². The van der Waals surface area contributed by atoms with E-state index in [9.17, 15) is 4.79 Å². The summed E-state index contributed by atoms with van der Waals surface area (Å²) in [6, 6.07) is 0. The highest BCUT2D eigenvalue weighted by molar-refractivity contribution is 5.82. The van der Waals surface area contributed by atoms with E-state index in [1.807, 2.05) is 0 Å². The van der Waals surface area contributed by atoms with E-state index in [1.165, 1.54) is 0 Å². The van der Waals surface area contributed by atoms with E-state index >= 15 is 0 Å². The molecule has 0 aromatic carbocycles. The van der Waals surface area contributed by atoms with Gasteiger partial charge in [0.05, 0.1) is 0 Å². The summed E-state index contributed by atoms with van der Waals surface area (Å²) in [7, 11) is 0. The first-order chi connectivity index (χ1) is 3.81. The SMILES string of the molecule is CC=C=NC(=O)CC. The Morgan fingerprint density at radius 2 is 2.50 bits per heavy atom. The Balaban J connectivity index is 3.71. The minimum Gasteiger partial charge on any atom is -0.272 e. The fourth-order valence-electron chi connectivity index (χ4n) is 0.216. The molecule has 0 N–H and O–H groups in total. The highest BCUT2D eigenvalue weighted by atomic mass is 16.1. The van der Waals surface area contributed by atoms with Crippen LogP contribution < -0.4 is 0 Å². The second-order valence-electron chi connectivity index (χ2n) is 1.28. The zero-order chi connectivity index (χ0) is 6.41. The van der Waals surface area contributed by atoms with Crippen molar-refractivity contribution >= 4 is 11.8 Å². The fraction of sp³-hybridized carbons (Fsp3) is 0.500. The molecule has 0 aliphatic rings. The molecular weight excluding hydrogens is 102 g/mol. The van der Waals surface area contributed by atoms with Gasteiger partial charge in [-0.25, -0.2) is 0 Å². The number of allylic oxidation sites excluding steroid dienone is 1. The standard InChI is InChI=1S/C6H9NO/c1-3-5-7-6(8)4-2/h3H,4H2,1-2H3. The first-order valence-electron chi connectivity index (χ1n) is 2.58. The molecule has 2 heteroatoms. The number of hydrogen-bond donors (Lipinski definition) is 0. The molecule has 0 saturated heterocycles. The average molecular weight is 111 g/mol. The third-order valence-corrected chi connectivity index (χ3v) is 0.621. The zero-order valence-electron chi connectivity index (χ0n) is 5.14. The van der Waals surface area contributed by atoms with E-state index in [2.05, 4.69) is 10.9 Å². The first-order valence-corrected chi connectivity index (χ1v) is 2.58. The van der Waals surface area contributed by atoms with Gasteiger partial charge in [0.15, 0.2) is 0 Å². The summed E-state index contributed by atoms with van der Waals surface area (Å²) >= 11 is 0. The third-order valence-electron chi connectivity index (χ3n) is 0.621. The molecule has 0 saturated carbocycles. The summed E-state index contributed by atoms with van der Waals surface area (Å²) < 4.78 is 0. The summed E-state index contributed by atoms with van der Waals surface area (Å²) in [6.07, 6.45) is 2.06. The van der Waals surface area contributed by atoms with Crippen molar-refractivity contribution in [2.75, 3.05) is 0 Å². The maximum Gasteiger partial charge on any atom is 0.253 e. The van der Waals surface area contributed by atoms with Crippen molar-refractivity contribution in [3.8, 4) is 0 Å². The van der Waals surface area contributed by atoms with Crippen LogP contribution in [0.2, 0.25) is 0 Å². The number of nitrogens with zero attached hydrogens (tertiary/aromatic N) is 1. The summed E-state index contributed by atoms with van der Waals surface area (Å²) in [4.78, 5) is 13.7. The van der Waals surface area contributed by atoms with Crippen LogP contribution in [0.5, 0.6) is 0 Å². The van der Waals surface area contributed by atoms with Crippen molar-refractivity contribution in [1.29, 1.82) is 0 Å². The van der Waals surface area contributed by atoms with Gasteiger partial charge in [-0.3, -0.25) is 4.79 Å². The van der Waals surface area contributed by atoms with Crippen LogP contribution >= 0.6 is 0 Å². The Morgan fingerprint density at radius 3 is 2.88 bits per heavy atom. The van der Waals surface area contributed by atoms with Crippen LogP contribution in [0, 0.1) is 0 Å². The molecule has 2 nitrogen and oxygen atoms in total. The first kappa shape index (κ1) is 7.12. The van der Waals surface area contributed by atoms with Crippen molar-refractivity contribution in [3.63, 3.8) is 0 Å². The number of aliphatic imine (C=N–C) groups is 1. The van der Waals surface area contributed by atoms with Gasteiger partial charge in [0.25, 0.3) is 5.91 Å². The topological polar surface area (TPSA) is 29.4 Å². The van der Waals surface area contributed by atoms with Crippen LogP contribution in [-0.4, -0.2) is 11.8 Å². The minimum atomic E-state index is -0.122. The lowest BCUT2D eigenvalue weighted by molar-refractivity contribution is -0.117. The zero-order valence-corrected chi connectivity index (χ0v) is 5.14. The van der Waals surface area contributed by atoms with Gasteiger partial charge in [-0.05, 0) is 18.9 Å². The molecule has 0 atom stereocenters. The van der Waals surface area contributed by atoms with Gasteiger partial charge in [0, 0.05) is 6.42 Å². The lowest BCUT2D eigenvalue weighted by Crippen LogP contribution is -1.85. The molecule has 0 bridgehead atoms. The molecule has 8 heavy (non-hydrogen) atoms. The van der Waals surface area contributed by atoms with Gasteiger partial charge in [-0.1, -0.05) is 6.92 Å². The van der Waals surface area contributed by atoms with Gasteiger partial charge in [-0.2, -0.15) is 4.99 Å². The van der Waals surface area contributed by atoms with Crippen molar-refractivity contribution in [1.82, 2.24) is 0 Å². The average Bonchev–Trinajstić information content (AvgIpc) is 1.83. The second kappa shape index (κ2) is 4.28. The fourth-order valence-corrected chi connectivity index (χ4v) is 0.216. The number of rotatable bonds is 1. The van der Waals surface area contributed by atoms with E-state index in [0.717, 1.165) is 0 Å². The van der Waals surface area contributed by atoms with Gasteiger partial charge in [-0.15, -0.1) is 0 Å². The molecule has 0 aliphatic heterocycles. The molecule has 0 rings (SSSR count). The maximum absolute atomic E-state index is 10.3. The quantitative estimate of drug-likeness (QED) is 0.467. The summed E-state index contributed by atoms with van der Waals surface area (Å²) in [5.41, 5.74) is 0. The van der Waals surface area contributed by atoms with Gasteiger partial charge in [0.2, 0.25) is 0 Å². The number of carbonyl (C=O) groups excluding carboxylic acids is 1. The van der Waals surface area contributed by atoms with Crippen LogP contribution in [0.15, 0.2) is 11.1 Å².